The molecule has 0 aromatic heterocycles. The Labute approximate surface area is 95.9 Å². The molecule has 1 aromatic carbocycles. The lowest BCUT2D eigenvalue weighted by Gasteiger charge is -2.24. The first-order valence-electron chi connectivity index (χ1n) is 5.36. The minimum Gasteiger partial charge on any atom is -0.380 e. The van der Waals surface area contributed by atoms with Crippen molar-refractivity contribution in [2.24, 2.45) is 0 Å². The van der Waals surface area contributed by atoms with Crippen LogP contribution in [0, 0.1) is 0 Å². The van der Waals surface area contributed by atoms with Gasteiger partial charge in [0.15, 0.2) is 0 Å². The molecule has 1 saturated heterocycles. The second-order valence-corrected chi connectivity index (χ2v) is 7.90. The highest BCUT2D eigenvalue weighted by Crippen LogP contribution is 2.67. The average Bonchev–Trinajstić information content (AvgIpc) is 2.33. The SMILES string of the molecule is CC1(C)C[C@@](C)(O)[P@@](=O)(c2ccccc2)O1. The van der Waals surface area contributed by atoms with Gasteiger partial charge in [0.25, 0.3) is 7.37 Å². The highest BCUT2D eigenvalue weighted by molar-refractivity contribution is 7.68. The molecule has 0 amide bonds. The van der Waals surface area contributed by atoms with Gasteiger partial charge in [-0.05, 0) is 32.9 Å². The van der Waals surface area contributed by atoms with Gasteiger partial charge < -0.3 is 9.63 Å². The summed E-state index contributed by atoms with van der Waals surface area (Å²) in [4.78, 5) is 0. The topological polar surface area (TPSA) is 46.5 Å². The van der Waals surface area contributed by atoms with Crippen molar-refractivity contribution >= 4 is 12.7 Å². The van der Waals surface area contributed by atoms with E-state index in [2.05, 4.69) is 0 Å². The van der Waals surface area contributed by atoms with Gasteiger partial charge in [0.1, 0.15) is 5.34 Å². The molecule has 0 unspecified atom stereocenters. The number of hydrogen-bond acceptors (Lipinski definition) is 3. The number of rotatable bonds is 1. The van der Waals surface area contributed by atoms with Gasteiger partial charge in [-0.3, -0.25) is 4.57 Å². The third kappa shape index (κ3) is 1.73. The summed E-state index contributed by atoms with van der Waals surface area (Å²) in [6, 6.07) is 8.96. The predicted octanol–water partition coefficient (Wildman–Crippen LogP) is 2.50. The Morgan fingerprint density at radius 3 is 2.25 bits per heavy atom. The maximum Gasteiger partial charge on any atom is 0.263 e. The summed E-state index contributed by atoms with van der Waals surface area (Å²) in [5, 5.41) is 9.62. The van der Waals surface area contributed by atoms with E-state index in [1.54, 1.807) is 31.2 Å². The van der Waals surface area contributed by atoms with Crippen LogP contribution in [-0.4, -0.2) is 16.0 Å². The highest BCUT2D eigenvalue weighted by atomic mass is 31.2. The van der Waals surface area contributed by atoms with E-state index in [0.29, 0.717) is 11.7 Å². The molecule has 0 saturated carbocycles. The molecule has 2 atom stereocenters. The van der Waals surface area contributed by atoms with Gasteiger partial charge in [-0.25, -0.2) is 0 Å². The Morgan fingerprint density at radius 1 is 1.25 bits per heavy atom. The third-order valence-electron chi connectivity index (χ3n) is 2.87. The molecular weight excluding hydrogens is 223 g/mol. The Morgan fingerprint density at radius 2 is 1.81 bits per heavy atom. The van der Waals surface area contributed by atoms with Crippen molar-refractivity contribution in [3.05, 3.63) is 30.3 Å². The van der Waals surface area contributed by atoms with Crippen molar-refractivity contribution in [3.8, 4) is 0 Å². The van der Waals surface area contributed by atoms with Gasteiger partial charge in [-0.15, -0.1) is 0 Å². The number of hydrogen-bond donors (Lipinski definition) is 1. The Bertz CT molecular complexity index is 437. The van der Waals surface area contributed by atoms with E-state index >= 15 is 0 Å². The second-order valence-electron chi connectivity index (χ2n) is 5.13. The molecule has 1 heterocycles. The van der Waals surface area contributed by atoms with Crippen LogP contribution in [0.2, 0.25) is 0 Å². The molecule has 2 rings (SSSR count). The first-order chi connectivity index (χ1) is 7.27. The van der Waals surface area contributed by atoms with Crippen LogP contribution >= 0.6 is 7.37 Å². The molecule has 4 heteroatoms. The Kier molecular flexibility index (Phi) is 2.54. The molecule has 1 fully saturated rings. The largest absolute Gasteiger partial charge is 0.380 e. The zero-order chi connectivity index (χ0) is 12.0. The van der Waals surface area contributed by atoms with Gasteiger partial charge in [0, 0.05) is 11.7 Å². The van der Waals surface area contributed by atoms with Crippen LogP contribution in [0.5, 0.6) is 0 Å². The average molecular weight is 240 g/mol. The molecule has 3 nitrogen and oxygen atoms in total. The summed E-state index contributed by atoms with van der Waals surface area (Å²) < 4.78 is 18.5. The van der Waals surface area contributed by atoms with Crippen molar-refractivity contribution in [2.45, 2.75) is 38.1 Å². The van der Waals surface area contributed by atoms with Gasteiger partial charge in [0.05, 0.1) is 5.60 Å². The zero-order valence-corrected chi connectivity index (χ0v) is 10.7. The Balaban J connectivity index is 2.51. The summed E-state index contributed by atoms with van der Waals surface area (Å²) in [5.41, 5.74) is -0.547. The van der Waals surface area contributed by atoms with E-state index in [0.717, 1.165) is 0 Å². The lowest BCUT2D eigenvalue weighted by molar-refractivity contribution is 0.0933. The summed E-state index contributed by atoms with van der Waals surface area (Å²) >= 11 is 0. The van der Waals surface area contributed by atoms with Crippen molar-refractivity contribution in [3.63, 3.8) is 0 Å². The molecule has 0 aliphatic carbocycles. The van der Waals surface area contributed by atoms with Crippen LogP contribution < -0.4 is 5.30 Å². The predicted molar refractivity (Wildman–Crippen MR) is 64.1 cm³/mol. The first kappa shape index (κ1) is 11.8. The highest BCUT2D eigenvalue weighted by Gasteiger charge is 2.57. The third-order valence-corrected chi connectivity index (χ3v) is 6.02. The van der Waals surface area contributed by atoms with Crippen LogP contribution in [-0.2, 0) is 9.09 Å². The minimum absolute atomic E-state index is 0.381. The molecular formula is C12H17O3P. The van der Waals surface area contributed by atoms with Crippen molar-refractivity contribution in [1.29, 1.82) is 0 Å². The summed E-state index contributed by atoms with van der Waals surface area (Å²) in [6.45, 7) is 5.30. The zero-order valence-electron chi connectivity index (χ0n) is 9.80. The van der Waals surface area contributed by atoms with Crippen molar-refractivity contribution in [2.75, 3.05) is 0 Å². The first-order valence-corrected chi connectivity index (χ1v) is 6.98. The fourth-order valence-corrected chi connectivity index (χ4v) is 5.12. The van der Waals surface area contributed by atoms with Crippen LogP contribution in [0.1, 0.15) is 27.2 Å². The summed E-state index contributed by atoms with van der Waals surface area (Å²) in [6.07, 6.45) is 0.381. The smallest absolute Gasteiger partial charge is 0.263 e. The molecule has 1 N–H and O–H groups in total. The normalized spacial score (nSPS) is 37.5. The lowest BCUT2D eigenvalue weighted by atomic mass is 10.0. The second kappa shape index (κ2) is 3.43. The van der Waals surface area contributed by atoms with Crippen LogP contribution in [0.3, 0.4) is 0 Å². The molecule has 0 spiro atoms. The summed E-state index contributed by atoms with van der Waals surface area (Å²) in [7, 11) is -3.19. The van der Waals surface area contributed by atoms with Crippen molar-refractivity contribution in [1.82, 2.24) is 0 Å². The van der Waals surface area contributed by atoms with Gasteiger partial charge in [0.2, 0.25) is 0 Å². The van der Waals surface area contributed by atoms with Crippen LogP contribution in [0.15, 0.2) is 30.3 Å². The van der Waals surface area contributed by atoms with E-state index in [1.165, 1.54) is 0 Å². The minimum atomic E-state index is -3.19. The standard InChI is InChI=1S/C12H17O3P/c1-11(2)9-12(3,13)16(14,15-11)10-7-5-4-6-8-10/h4-8,13H,9H2,1-3H3/t12-,16+/m0/s1. The number of aliphatic hydroxyl groups is 1. The molecule has 16 heavy (non-hydrogen) atoms. The number of benzene rings is 1. The van der Waals surface area contributed by atoms with Crippen molar-refractivity contribution < 1.29 is 14.2 Å². The maximum absolute atomic E-state index is 12.8. The molecule has 0 radical (unpaired) electrons. The molecule has 88 valence electrons. The quantitative estimate of drug-likeness (QED) is 0.767. The maximum atomic E-state index is 12.8. The molecule has 1 aliphatic heterocycles. The summed E-state index contributed by atoms with van der Waals surface area (Å²) in [5.74, 6) is 0. The van der Waals surface area contributed by atoms with Gasteiger partial charge in [-0.2, -0.15) is 0 Å². The monoisotopic (exact) mass is 240 g/mol. The van der Waals surface area contributed by atoms with E-state index in [4.69, 9.17) is 4.52 Å². The van der Waals surface area contributed by atoms with Crippen LogP contribution in [0.4, 0.5) is 0 Å². The Hall–Kier alpha value is -0.630. The van der Waals surface area contributed by atoms with Gasteiger partial charge in [-0.1, -0.05) is 18.2 Å². The fourth-order valence-electron chi connectivity index (χ4n) is 2.34. The lowest BCUT2D eigenvalue weighted by Crippen LogP contribution is -2.26. The fraction of sp³-hybridized carbons (Fsp3) is 0.500. The van der Waals surface area contributed by atoms with E-state index < -0.39 is 18.3 Å². The van der Waals surface area contributed by atoms with Gasteiger partial charge >= 0.3 is 0 Å². The van der Waals surface area contributed by atoms with Crippen LogP contribution in [0.25, 0.3) is 0 Å². The van der Waals surface area contributed by atoms with E-state index in [-0.39, 0.29) is 0 Å². The van der Waals surface area contributed by atoms with E-state index in [1.807, 2.05) is 19.9 Å². The van der Waals surface area contributed by atoms with E-state index in [9.17, 15) is 9.67 Å². The molecule has 1 aromatic rings. The molecule has 0 bridgehead atoms. The molecule has 1 aliphatic rings.